The molecule has 1 aromatic rings. The fourth-order valence-corrected chi connectivity index (χ4v) is 2.78. The molecule has 0 radical (unpaired) electrons. The van der Waals surface area contributed by atoms with Crippen molar-refractivity contribution >= 4 is 23.2 Å². The number of benzene rings is 1. The van der Waals surface area contributed by atoms with Gasteiger partial charge in [0.15, 0.2) is 0 Å². The molecular weight excluding hydrogens is 276 g/mol. The smallest absolute Gasteiger partial charge is 0.238 e. The standard InChI is InChI=1S/C15H21ClN2O2/c16-12-5-7-13(8-6-12)18-15(20)9-17-14-4-2-1-3-11(14)10-19/h5-8,11,14,17,19H,1-4,9-10H2,(H,18,20). The van der Waals surface area contributed by atoms with Gasteiger partial charge in [-0.3, -0.25) is 4.79 Å². The lowest BCUT2D eigenvalue weighted by atomic mass is 9.85. The van der Waals surface area contributed by atoms with Crippen LogP contribution in [0.25, 0.3) is 0 Å². The summed E-state index contributed by atoms with van der Waals surface area (Å²) in [7, 11) is 0. The zero-order chi connectivity index (χ0) is 14.4. The van der Waals surface area contributed by atoms with E-state index in [1.807, 2.05) is 0 Å². The molecule has 2 rings (SSSR count). The predicted octanol–water partition coefficient (Wildman–Crippen LogP) is 2.42. The topological polar surface area (TPSA) is 61.4 Å². The Morgan fingerprint density at radius 1 is 1.25 bits per heavy atom. The molecule has 2 unspecified atom stereocenters. The summed E-state index contributed by atoms with van der Waals surface area (Å²) in [5.41, 5.74) is 0.739. The van der Waals surface area contributed by atoms with Gasteiger partial charge in [-0.2, -0.15) is 0 Å². The molecule has 2 atom stereocenters. The highest BCUT2D eigenvalue weighted by Crippen LogP contribution is 2.23. The number of amides is 1. The monoisotopic (exact) mass is 296 g/mol. The van der Waals surface area contributed by atoms with E-state index in [2.05, 4.69) is 10.6 Å². The first-order valence-electron chi connectivity index (χ1n) is 7.08. The SMILES string of the molecule is O=C(CNC1CCCCC1CO)Nc1ccc(Cl)cc1. The van der Waals surface area contributed by atoms with Gasteiger partial charge in [0.2, 0.25) is 5.91 Å². The minimum Gasteiger partial charge on any atom is -0.396 e. The van der Waals surface area contributed by atoms with Crippen molar-refractivity contribution in [2.24, 2.45) is 5.92 Å². The Balaban J connectivity index is 1.78. The summed E-state index contributed by atoms with van der Waals surface area (Å²) in [4.78, 5) is 11.9. The van der Waals surface area contributed by atoms with Gasteiger partial charge in [-0.25, -0.2) is 0 Å². The van der Waals surface area contributed by atoms with Crippen molar-refractivity contribution in [2.75, 3.05) is 18.5 Å². The molecule has 0 aliphatic heterocycles. The van der Waals surface area contributed by atoms with E-state index in [1.54, 1.807) is 24.3 Å². The van der Waals surface area contributed by atoms with Crippen molar-refractivity contribution in [3.63, 3.8) is 0 Å². The zero-order valence-electron chi connectivity index (χ0n) is 11.4. The average Bonchev–Trinajstić information content (AvgIpc) is 2.48. The minimum absolute atomic E-state index is 0.0745. The van der Waals surface area contributed by atoms with Crippen molar-refractivity contribution in [1.29, 1.82) is 0 Å². The van der Waals surface area contributed by atoms with Crippen molar-refractivity contribution in [3.8, 4) is 0 Å². The van der Waals surface area contributed by atoms with Crippen molar-refractivity contribution in [1.82, 2.24) is 5.32 Å². The average molecular weight is 297 g/mol. The molecule has 0 heterocycles. The van der Waals surface area contributed by atoms with Crippen LogP contribution in [0.1, 0.15) is 25.7 Å². The Morgan fingerprint density at radius 3 is 2.65 bits per heavy atom. The summed E-state index contributed by atoms with van der Waals surface area (Å²) in [6, 6.07) is 7.28. The van der Waals surface area contributed by atoms with E-state index in [0.717, 1.165) is 24.9 Å². The highest BCUT2D eigenvalue weighted by molar-refractivity contribution is 6.30. The van der Waals surface area contributed by atoms with E-state index in [4.69, 9.17) is 11.6 Å². The first kappa shape index (κ1) is 15.3. The first-order chi connectivity index (χ1) is 9.69. The molecule has 1 amide bonds. The summed E-state index contributed by atoms with van der Waals surface area (Å²) in [6.45, 7) is 0.459. The predicted molar refractivity (Wildman–Crippen MR) is 80.9 cm³/mol. The normalized spacial score (nSPS) is 22.5. The van der Waals surface area contributed by atoms with E-state index in [-0.39, 0.29) is 31.0 Å². The van der Waals surface area contributed by atoms with Gasteiger partial charge >= 0.3 is 0 Å². The van der Waals surface area contributed by atoms with E-state index >= 15 is 0 Å². The van der Waals surface area contributed by atoms with Gasteiger partial charge in [0.05, 0.1) is 6.54 Å². The molecule has 1 aromatic carbocycles. The molecule has 1 fully saturated rings. The third-order valence-corrected chi connectivity index (χ3v) is 4.05. The number of aliphatic hydroxyl groups excluding tert-OH is 1. The Bertz CT molecular complexity index is 436. The molecule has 5 heteroatoms. The van der Waals surface area contributed by atoms with Crippen LogP contribution in [-0.2, 0) is 4.79 Å². The van der Waals surface area contributed by atoms with Crippen LogP contribution < -0.4 is 10.6 Å². The molecule has 0 saturated heterocycles. The number of hydrogen-bond acceptors (Lipinski definition) is 3. The molecule has 1 saturated carbocycles. The largest absolute Gasteiger partial charge is 0.396 e. The molecule has 0 aromatic heterocycles. The third-order valence-electron chi connectivity index (χ3n) is 3.80. The Kier molecular flexibility index (Phi) is 5.83. The fourth-order valence-electron chi connectivity index (χ4n) is 2.66. The molecular formula is C15H21ClN2O2. The summed E-state index contributed by atoms with van der Waals surface area (Å²) in [5.74, 6) is 0.196. The highest BCUT2D eigenvalue weighted by Gasteiger charge is 2.24. The number of halogens is 1. The van der Waals surface area contributed by atoms with Crippen molar-refractivity contribution in [2.45, 2.75) is 31.7 Å². The zero-order valence-corrected chi connectivity index (χ0v) is 12.2. The van der Waals surface area contributed by atoms with Crippen LogP contribution in [-0.4, -0.2) is 30.2 Å². The van der Waals surface area contributed by atoms with Gasteiger partial charge in [0, 0.05) is 23.4 Å². The number of aliphatic hydroxyl groups is 1. The van der Waals surface area contributed by atoms with E-state index in [9.17, 15) is 9.90 Å². The number of carbonyl (C=O) groups excluding carboxylic acids is 1. The summed E-state index contributed by atoms with van der Waals surface area (Å²) in [5, 5.41) is 16.1. The lowest BCUT2D eigenvalue weighted by Gasteiger charge is -2.30. The second-order valence-electron chi connectivity index (χ2n) is 5.27. The molecule has 1 aliphatic rings. The molecule has 20 heavy (non-hydrogen) atoms. The van der Waals surface area contributed by atoms with Crippen LogP contribution in [0.5, 0.6) is 0 Å². The van der Waals surface area contributed by atoms with Gasteiger partial charge in [-0.05, 0) is 43.0 Å². The Labute approximate surface area is 124 Å². The molecule has 4 nitrogen and oxygen atoms in total. The van der Waals surface area contributed by atoms with Gasteiger partial charge in [-0.15, -0.1) is 0 Å². The quantitative estimate of drug-likeness (QED) is 0.782. The maximum absolute atomic E-state index is 11.9. The molecule has 0 bridgehead atoms. The summed E-state index contributed by atoms with van der Waals surface area (Å²) in [6.07, 6.45) is 4.39. The van der Waals surface area contributed by atoms with Gasteiger partial charge in [0.25, 0.3) is 0 Å². The van der Waals surface area contributed by atoms with Crippen LogP contribution in [0.4, 0.5) is 5.69 Å². The maximum atomic E-state index is 11.9. The number of carbonyl (C=O) groups is 1. The fraction of sp³-hybridized carbons (Fsp3) is 0.533. The Hall–Kier alpha value is -1.10. The first-order valence-corrected chi connectivity index (χ1v) is 7.46. The Morgan fingerprint density at radius 2 is 1.95 bits per heavy atom. The number of hydrogen-bond donors (Lipinski definition) is 3. The third kappa shape index (κ3) is 4.47. The summed E-state index contributed by atoms with van der Waals surface area (Å²) < 4.78 is 0. The van der Waals surface area contributed by atoms with Gasteiger partial charge in [0.1, 0.15) is 0 Å². The van der Waals surface area contributed by atoms with E-state index in [0.29, 0.717) is 5.02 Å². The second-order valence-corrected chi connectivity index (χ2v) is 5.71. The second kappa shape index (κ2) is 7.62. The van der Waals surface area contributed by atoms with Crippen molar-refractivity contribution in [3.05, 3.63) is 29.3 Å². The highest BCUT2D eigenvalue weighted by atomic mass is 35.5. The molecule has 3 N–H and O–H groups in total. The maximum Gasteiger partial charge on any atom is 0.238 e. The van der Waals surface area contributed by atoms with Crippen LogP contribution >= 0.6 is 11.6 Å². The lowest BCUT2D eigenvalue weighted by molar-refractivity contribution is -0.115. The number of nitrogens with one attached hydrogen (secondary N) is 2. The molecule has 110 valence electrons. The lowest BCUT2D eigenvalue weighted by Crippen LogP contribution is -2.43. The van der Waals surface area contributed by atoms with Gasteiger partial charge in [-0.1, -0.05) is 24.4 Å². The van der Waals surface area contributed by atoms with Crippen LogP contribution in [0.15, 0.2) is 24.3 Å². The van der Waals surface area contributed by atoms with Crippen LogP contribution in [0.3, 0.4) is 0 Å². The van der Waals surface area contributed by atoms with E-state index in [1.165, 1.54) is 6.42 Å². The van der Waals surface area contributed by atoms with Crippen LogP contribution in [0, 0.1) is 5.92 Å². The van der Waals surface area contributed by atoms with Crippen molar-refractivity contribution < 1.29 is 9.90 Å². The van der Waals surface area contributed by atoms with E-state index < -0.39 is 0 Å². The van der Waals surface area contributed by atoms with Gasteiger partial charge < -0.3 is 15.7 Å². The number of anilines is 1. The number of rotatable bonds is 5. The molecule has 0 spiro atoms. The minimum atomic E-state index is -0.0745. The van der Waals surface area contributed by atoms with Crippen LogP contribution in [0.2, 0.25) is 5.02 Å². The summed E-state index contributed by atoms with van der Waals surface area (Å²) >= 11 is 5.79. The molecule has 1 aliphatic carbocycles.